The fourth-order valence-corrected chi connectivity index (χ4v) is 3.42. The molecule has 0 atom stereocenters. The van der Waals surface area contributed by atoms with Gasteiger partial charge < -0.3 is 4.90 Å². The summed E-state index contributed by atoms with van der Waals surface area (Å²) in [5.41, 5.74) is 5.83. The number of nitrogens with zero attached hydrogens (tertiary/aromatic N) is 5. The third kappa shape index (κ3) is 3.57. The highest BCUT2D eigenvalue weighted by molar-refractivity contribution is 6.08. The van der Waals surface area contributed by atoms with Gasteiger partial charge in [0.1, 0.15) is 0 Å². The Hall–Kier alpha value is -3.67. The number of amides is 1. The number of rotatable bonds is 3. The number of benzene rings is 1. The lowest BCUT2D eigenvalue weighted by molar-refractivity contribution is 0.0829. The quantitative estimate of drug-likeness (QED) is 0.533. The van der Waals surface area contributed by atoms with Crippen LogP contribution in [0.5, 0.6) is 0 Å². The predicted octanol–water partition coefficient (Wildman–Crippen LogP) is 4.07. The van der Waals surface area contributed by atoms with Crippen LogP contribution in [0.2, 0.25) is 0 Å². The summed E-state index contributed by atoms with van der Waals surface area (Å²) < 4.78 is 0. The molecule has 0 spiro atoms. The van der Waals surface area contributed by atoms with Crippen molar-refractivity contribution in [2.45, 2.75) is 13.8 Å². The summed E-state index contributed by atoms with van der Waals surface area (Å²) in [4.78, 5) is 32.3. The van der Waals surface area contributed by atoms with E-state index in [0.717, 1.165) is 33.2 Å². The average Bonchev–Trinajstić information content (AvgIpc) is 2.72. The van der Waals surface area contributed by atoms with Crippen molar-refractivity contribution in [1.82, 2.24) is 24.8 Å². The number of carbonyl (C=O) groups is 1. The van der Waals surface area contributed by atoms with Crippen molar-refractivity contribution in [3.05, 3.63) is 71.8 Å². The maximum Gasteiger partial charge on any atom is 0.254 e. The number of aryl methyl sites for hydroxylation is 2. The fraction of sp³-hybridized carbons (Fsp3) is 0.174. The van der Waals surface area contributed by atoms with Gasteiger partial charge in [0.25, 0.3) is 5.91 Å². The molecule has 29 heavy (non-hydrogen) atoms. The molecule has 0 fully saturated rings. The molecule has 1 aromatic carbocycles. The van der Waals surface area contributed by atoms with Crippen molar-refractivity contribution in [1.29, 1.82) is 0 Å². The molecule has 6 heteroatoms. The minimum absolute atomic E-state index is 0.0569. The monoisotopic (exact) mass is 383 g/mol. The first-order chi connectivity index (χ1) is 13.9. The maximum absolute atomic E-state index is 12.9. The molecule has 0 aliphatic heterocycles. The Labute approximate surface area is 169 Å². The summed E-state index contributed by atoms with van der Waals surface area (Å²) in [5, 5.41) is 0.881. The molecule has 1 amide bonds. The van der Waals surface area contributed by atoms with Crippen LogP contribution in [0.25, 0.3) is 33.5 Å². The van der Waals surface area contributed by atoms with E-state index >= 15 is 0 Å². The van der Waals surface area contributed by atoms with Crippen molar-refractivity contribution in [2.24, 2.45) is 0 Å². The van der Waals surface area contributed by atoms with Crippen LogP contribution in [0.15, 0.2) is 55.1 Å². The second kappa shape index (κ2) is 7.39. The van der Waals surface area contributed by atoms with Gasteiger partial charge in [-0.3, -0.25) is 9.78 Å². The number of aromatic nitrogens is 4. The van der Waals surface area contributed by atoms with Gasteiger partial charge in [-0.1, -0.05) is 6.07 Å². The molecule has 0 saturated heterocycles. The highest BCUT2D eigenvalue weighted by Gasteiger charge is 2.18. The summed E-state index contributed by atoms with van der Waals surface area (Å²) in [5.74, 6) is 0.539. The third-order valence-corrected chi connectivity index (χ3v) is 4.75. The molecule has 0 radical (unpaired) electrons. The van der Waals surface area contributed by atoms with Gasteiger partial charge in [-0.25, -0.2) is 15.0 Å². The topological polar surface area (TPSA) is 71.9 Å². The summed E-state index contributed by atoms with van der Waals surface area (Å²) >= 11 is 0. The molecule has 3 heterocycles. The van der Waals surface area contributed by atoms with E-state index in [9.17, 15) is 4.79 Å². The fourth-order valence-electron chi connectivity index (χ4n) is 3.42. The van der Waals surface area contributed by atoms with Crippen molar-refractivity contribution in [2.75, 3.05) is 14.1 Å². The Kier molecular flexibility index (Phi) is 4.76. The van der Waals surface area contributed by atoms with E-state index in [1.807, 2.05) is 38.1 Å². The van der Waals surface area contributed by atoms with E-state index < -0.39 is 0 Å². The number of carbonyl (C=O) groups excluding carboxylic acids is 1. The van der Waals surface area contributed by atoms with Crippen LogP contribution in [0.4, 0.5) is 0 Å². The second-order valence-electron chi connectivity index (χ2n) is 7.27. The van der Waals surface area contributed by atoms with Gasteiger partial charge in [0.15, 0.2) is 5.82 Å². The molecular weight excluding hydrogens is 362 g/mol. The van der Waals surface area contributed by atoms with Crippen LogP contribution in [0, 0.1) is 13.8 Å². The average molecular weight is 383 g/mol. The first-order valence-electron chi connectivity index (χ1n) is 9.30. The molecular formula is C23H21N5O. The highest BCUT2D eigenvalue weighted by Crippen LogP contribution is 2.29. The van der Waals surface area contributed by atoms with E-state index in [1.54, 1.807) is 43.8 Å². The SMILES string of the molecule is Cc1cc(C)c2c(C(=O)N(C)C)cc(-c3cnc(-c4cccnc4)nc3)nc2c1. The van der Waals surface area contributed by atoms with E-state index in [-0.39, 0.29) is 5.91 Å². The largest absolute Gasteiger partial charge is 0.345 e. The standard InChI is InChI=1S/C23H21N5O/c1-14-8-15(2)21-18(23(29)28(3)4)10-19(27-20(21)9-14)17-12-25-22(26-13-17)16-6-5-7-24-11-16/h5-13H,1-4H3. The first-order valence-corrected chi connectivity index (χ1v) is 9.30. The minimum Gasteiger partial charge on any atom is -0.345 e. The van der Waals surface area contributed by atoms with Gasteiger partial charge in [0.2, 0.25) is 0 Å². The summed E-state index contributed by atoms with van der Waals surface area (Å²) in [7, 11) is 3.51. The zero-order chi connectivity index (χ0) is 20.5. The van der Waals surface area contributed by atoms with Crippen LogP contribution in [-0.2, 0) is 0 Å². The van der Waals surface area contributed by atoms with Gasteiger partial charge in [0, 0.05) is 55.4 Å². The Morgan fingerprint density at radius 3 is 2.38 bits per heavy atom. The number of hydrogen-bond donors (Lipinski definition) is 0. The highest BCUT2D eigenvalue weighted by atomic mass is 16.2. The molecule has 144 valence electrons. The van der Waals surface area contributed by atoms with Gasteiger partial charge in [-0.2, -0.15) is 0 Å². The number of pyridine rings is 2. The Balaban J connectivity index is 1.87. The summed E-state index contributed by atoms with van der Waals surface area (Å²) in [6, 6.07) is 9.66. The smallest absolute Gasteiger partial charge is 0.254 e. The van der Waals surface area contributed by atoms with Gasteiger partial charge in [-0.05, 0) is 49.2 Å². The van der Waals surface area contributed by atoms with Crippen molar-refractivity contribution in [3.8, 4) is 22.6 Å². The molecule has 0 unspecified atom stereocenters. The molecule has 6 nitrogen and oxygen atoms in total. The van der Waals surface area contributed by atoms with Crippen molar-refractivity contribution < 1.29 is 4.79 Å². The number of hydrogen-bond acceptors (Lipinski definition) is 5. The van der Waals surface area contributed by atoms with Crippen LogP contribution >= 0.6 is 0 Å². The Morgan fingerprint density at radius 2 is 1.72 bits per heavy atom. The Morgan fingerprint density at radius 1 is 0.966 bits per heavy atom. The molecule has 4 rings (SSSR count). The van der Waals surface area contributed by atoms with Gasteiger partial charge >= 0.3 is 0 Å². The van der Waals surface area contributed by atoms with Crippen molar-refractivity contribution in [3.63, 3.8) is 0 Å². The second-order valence-corrected chi connectivity index (χ2v) is 7.27. The zero-order valence-electron chi connectivity index (χ0n) is 16.8. The molecule has 0 N–H and O–H groups in total. The van der Waals surface area contributed by atoms with E-state index in [1.165, 1.54) is 0 Å². The molecule has 4 aromatic rings. The summed E-state index contributed by atoms with van der Waals surface area (Å²) in [6.45, 7) is 4.04. The number of fused-ring (bicyclic) bond motifs is 1. The first kappa shape index (κ1) is 18.7. The Bertz CT molecular complexity index is 1200. The van der Waals surface area contributed by atoms with E-state index in [0.29, 0.717) is 17.1 Å². The van der Waals surface area contributed by atoms with Crippen LogP contribution in [-0.4, -0.2) is 44.8 Å². The molecule has 0 aliphatic rings. The van der Waals surface area contributed by atoms with Crippen LogP contribution in [0.3, 0.4) is 0 Å². The maximum atomic E-state index is 12.9. The van der Waals surface area contributed by atoms with Crippen LogP contribution in [0.1, 0.15) is 21.5 Å². The van der Waals surface area contributed by atoms with Crippen molar-refractivity contribution >= 4 is 16.8 Å². The summed E-state index contributed by atoms with van der Waals surface area (Å²) in [6.07, 6.45) is 6.90. The predicted molar refractivity (Wildman–Crippen MR) is 113 cm³/mol. The van der Waals surface area contributed by atoms with E-state index in [4.69, 9.17) is 4.98 Å². The lowest BCUT2D eigenvalue weighted by Gasteiger charge is -2.16. The molecule has 3 aromatic heterocycles. The molecule has 0 aliphatic carbocycles. The normalized spacial score (nSPS) is 10.9. The van der Waals surface area contributed by atoms with E-state index in [2.05, 4.69) is 21.0 Å². The molecule has 0 bridgehead atoms. The van der Waals surface area contributed by atoms with Gasteiger partial charge in [-0.15, -0.1) is 0 Å². The zero-order valence-corrected chi connectivity index (χ0v) is 16.8. The third-order valence-electron chi connectivity index (χ3n) is 4.75. The van der Waals surface area contributed by atoms with Gasteiger partial charge in [0.05, 0.1) is 16.8 Å². The lowest BCUT2D eigenvalue weighted by atomic mass is 9.99. The molecule has 0 saturated carbocycles. The minimum atomic E-state index is -0.0569. The lowest BCUT2D eigenvalue weighted by Crippen LogP contribution is -2.22. The van der Waals surface area contributed by atoms with Crippen LogP contribution < -0.4 is 0 Å².